The highest BCUT2D eigenvalue weighted by Gasteiger charge is 2.12. The molecule has 2 aromatic rings. The zero-order valence-corrected chi connectivity index (χ0v) is 10.4. The van der Waals surface area contributed by atoms with Crippen molar-refractivity contribution in [1.82, 2.24) is 15.0 Å². The van der Waals surface area contributed by atoms with Crippen LogP contribution in [0, 0.1) is 6.92 Å². The molecule has 0 radical (unpaired) electrons. The largest absolute Gasteiger partial charge is 0.324 e. The molecular weight excluding hydrogens is 254 g/mol. The van der Waals surface area contributed by atoms with Crippen molar-refractivity contribution in [3.63, 3.8) is 0 Å². The first kappa shape index (κ1) is 13.1. The second-order valence-corrected chi connectivity index (χ2v) is 4.00. The van der Waals surface area contributed by atoms with Crippen LogP contribution in [0.1, 0.15) is 24.7 Å². The molecule has 0 aromatic carbocycles. The number of aromatic amines is 1. The van der Waals surface area contributed by atoms with E-state index >= 15 is 0 Å². The van der Waals surface area contributed by atoms with Crippen LogP contribution in [-0.4, -0.2) is 20.9 Å². The van der Waals surface area contributed by atoms with Gasteiger partial charge in [0, 0.05) is 18.7 Å². The number of alkyl halides is 2. The fraction of sp³-hybridized carbons (Fsp3) is 0.250. The molecule has 0 spiro atoms. The van der Waals surface area contributed by atoms with Gasteiger partial charge in [0.1, 0.15) is 5.69 Å². The molecule has 2 N–H and O–H groups in total. The molecule has 0 aliphatic heterocycles. The van der Waals surface area contributed by atoms with E-state index in [9.17, 15) is 13.6 Å². The first-order valence-electron chi connectivity index (χ1n) is 5.56. The summed E-state index contributed by atoms with van der Waals surface area (Å²) in [4.78, 5) is 21.6. The molecule has 0 saturated heterocycles. The van der Waals surface area contributed by atoms with Gasteiger partial charge in [-0.1, -0.05) is 0 Å². The molecule has 0 fully saturated rings. The lowest BCUT2D eigenvalue weighted by Crippen LogP contribution is -2.06. The Bertz CT molecular complexity index is 592. The fourth-order valence-electron chi connectivity index (χ4n) is 1.65. The molecule has 100 valence electrons. The highest BCUT2D eigenvalue weighted by Crippen LogP contribution is 2.24. The number of anilines is 1. The van der Waals surface area contributed by atoms with Gasteiger partial charge < -0.3 is 4.98 Å². The Hall–Kier alpha value is -2.31. The van der Waals surface area contributed by atoms with E-state index < -0.39 is 6.43 Å². The van der Waals surface area contributed by atoms with Crippen molar-refractivity contribution in [2.75, 3.05) is 5.32 Å². The topological polar surface area (TPSA) is 70.7 Å². The fourth-order valence-corrected chi connectivity index (χ4v) is 1.65. The van der Waals surface area contributed by atoms with E-state index in [-0.39, 0.29) is 11.6 Å². The maximum atomic E-state index is 12.4. The number of H-pyrrole nitrogens is 1. The van der Waals surface area contributed by atoms with Crippen molar-refractivity contribution >= 4 is 11.9 Å². The van der Waals surface area contributed by atoms with Crippen LogP contribution in [0.15, 0.2) is 18.3 Å². The number of hydrogen-bond acceptors (Lipinski definition) is 3. The lowest BCUT2D eigenvalue weighted by Gasteiger charge is -2.01. The van der Waals surface area contributed by atoms with Gasteiger partial charge in [0.05, 0.1) is 11.4 Å². The van der Waals surface area contributed by atoms with Crippen molar-refractivity contribution in [3.8, 4) is 11.3 Å². The van der Waals surface area contributed by atoms with Crippen LogP contribution in [0.25, 0.3) is 11.3 Å². The minimum Gasteiger partial charge on any atom is -0.324 e. The number of rotatable bonds is 3. The third-order valence-electron chi connectivity index (χ3n) is 2.48. The lowest BCUT2D eigenvalue weighted by molar-refractivity contribution is -0.114. The Kier molecular flexibility index (Phi) is 3.55. The summed E-state index contributed by atoms with van der Waals surface area (Å²) < 4.78 is 24.8. The predicted molar refractivity (Wildman–Crippen MR) is 65.8 cm³/mol. The Labute approximate surface area is 108 Å². The molecule has 0 unspecified atom stereocenters. The summed E-state index contributed by atoms with van der Waals surface area (Å²) >= 11 is 0. The predicted octanol–water partition coefficient (Wildman–Crippen LogP) is 2.68. The quantitative estimate of drug-likeness (QED) is 0.897. The number of amides is 1. The van der Waals surface area contributed by atoms with Crippen LogP contribution in [0.3, 0.4) is 0 Å². The van der Waals surface area contributed by atoms with E-state index in [0.29, 0.717) is 22.9 Å². The van der Waals surface area contributed by atoms with Crippen LogP contribution in [-0.2, 0) is 4.79 Å². The van der Waals surface area contributed by atoms with Crippen LogP contribution in [0.5, 0.6) is 0 Å². The van der Waals surface area contributed by atoms with Gasteiger partial charge in [-0.15, -0.1) is 0 Å². The van der Waals surface area contributed by atoms with Crippen LogP contribution >= 0.6 is 0 Å². The number of aromatic nitrogens is 3. The number of carbonyl (C=O) groups excluding carboxylic acids is 1. The number of aryl methyl sites for hydroxylation is 1. The number of nitrogens with zero attached hydrogens (tertiary/aromatic N) is 2. The summed E-state index contributed by atoms with van der Waals surface area (Å²) in [6, 6.07) is 2.80. The van der Waals surface area contributed by atoms with Crippen molar-refractivity contribution in [3.05, 3.63) is 29.7 Å². The maximum absolute atomic E-state index is 12.4. The Morgan fingerprint density at radius 2 is 2.16 bits per heavy atom. The molecule has 7 heteroatoms. The second kappa shape index (κ2) is 5.13. The molecule has 19 heavy (non-hydrogen) atoms. The summed E-state index contributed by atoms with van der Waals surface area (Å²) in [5, 5.41) is 2.52. The van der Waals surface area contributed by atoms with E-state index in [1.165, 1.54) is 25.3 Å². The van der Waals surface area contributed by atoms with Crippen LogP contribution < -0.4 is 5.32 Å². The zero-order valence-electron chi connectivity index (χ0n) is 10.4. The van der Waals surface area contributed by atoms with E-state index in [1.54, 1.807) is 6.92 Å². The number of nitrogens with one attached hydrogen (secondary N) is 2. The maximum Gasteiger partial charge on any atom is 0.280 e. The van der Waals surface area contributed by atoms with Crippen molar-refractivity contribution < 1.29 is 13.6 Å². The minimum atomic E-state index is -2.59. The van der Waals surface area contributed by atoms with E-state index in [4.69, 9.17) is 0 Å². The van der Waals surface area contributed by atoms with Crippen LogP contribution in [0.4, 0.5) is 14.7 Å². The van der Waals surface area contributed by atoms with Crippen LogP contribution in [0.2, 0.25) is 0 Å². The van der Waals surface area contributed by atoms with E-state index in [2.05, 4.69) is 20.3 Å². The molecule has 0 aliphatic rings. The summed E-state index contributed by atoms with van der Waals surface area (Å²) in [6.07, 6.45) is -1.24. The Morgan fingerprint density at radius 3 is 2.68 bits per heavy atom. The number of imidazole rings is 1. The molecule has 0 saturated carbocycles. The number of hydrogen-bond donors (Lipinski definition) is 2. The van der Waals surface area contributed by atoms with E-state index in [1.807, 2.05) is 0 Å². The summed E-state index contributed by atoms with van der Waals surface area (Å²) in [5.74, 6) is 0.0735. The zero-order chi connectivity index (χ0) is 14.0. The van der Waals surface area contributed by atoms with Crippen molar-refractivity contribution in [1.29, 1.82) is 0 Å². The van der Waals surface area contributed by atoms with Gasteiger partial charge in [-0.05, 0) is 19.1 Å². The highest BCUT2D eigenvalue weighted by atomic mass is 19.3. The third kappa shape index (κ3) is 2.93. The van der Waals surface area contributed by atoms with Gasteiger partial charge >= 0.3 is 0 Å². The van der Waals surface area contributed by atoms with Crippen molar-refractivity contribution in [2.45, 2.75) is 20.3 Å². The SMILES string of the molecule is CC(=O)Nc1nc(C)c(-c2ccc(C(F)F)nc2)[nH]1. The third-order valence-corrected chi connectivity index (χ3v) is 2.48. The molecule has 1 amide bonds. The summed E-state index contributed by atoms with van der Waals surface area (Å²) in [5.41, 5.74) is 1.64. The Balaban J connectivity index is 2.30. The number of halogens is 2. The minimum absolute atomic E-state index is 0.244. The monoisotopic (exact) mass is 266 g/mol. The number of pyridine rings is 1. The standard InChI is InChI=1S/C12H12F2N4O/c1-6-10(18-12(16-6)17-7(2)19)8-3-4-9(11(13)14)15-5-8/h3-5,11H,1-2H3,(H2,16,17,18,19). The van der Waals surface area contributed by atoms with Gasteiger partial charge in [0.25, 0.3) is 6.43 Å². The first-order valence-corrected chi connectivity index (χ1v) is 5.56. The summed E-state index contributed by atoms with van der Waals surface area (Å²) in [6.45, 7) is 3.12. The first-order chi connectivity index (χ1) is 8.97. The summed E-state index contributed by atoms with van der Waals surface area (Å²) in [7, 11) is 0. The van der Waals surface area contributed by atoms with E-state index in [0.717, 1.165) is 0 Å². The molecule has 0 atom stereocenters. The average molecular weight is 266 g/mol. The highest BCUT2D eigenvalue weighted by molar-refractivity contribution is 5.87. The molecule has 0 bridgehead atoms. The Morgan fingerprint density at radius 1 is 1.42 bits per heavy atom. The van der Waals surface area contributed by atoms with Crippen molar-refractivity contribution in [2.24, 2.45) is 0 Å². The molecule has 2 aromatic heterocycles. The van der Waals surface area contributed by atoms with Gasteiger partial charge in [-0.2, -0.15) is 0 Å². The van der Waals surface area contributed by atoms with Gasteiger partial charge in [0.15, 0.2) is 0 Å². The lowest BCUT2D eigenvalue weighted by atomic mass is 10.1. The molecule has 2 rings (SSSR count). The smallest absolute Gasteiger partial charge is 0.280 e. The second-order valence-electron chi connectivity index (χ2n) is 4.00. The number of carbonyl (C=O) groups is 1. The normalized spacial score (nSPS) is 10.8. The molecule has 0 aliphatic carbocycles. The average Bonchev–Trinajstić information content (AvgIpc) is 2.69. The van der Waals surface area contributed by atoms with Gasteiger partial charge in [0.2, 0.25) is 11.9 Å². The van der Waals surface area contributed by atoms with Gasteiger partial charge in [-0.3, -0.25) is 15.1 Å². The molecule has 5 nitrogen and oxygen atoms in total. The molecule has 2 heterocycles. The molecular formula is C12H12F2N4O. The van der Waals surface area contributed by atoms with Gasteiger partial charge in [-0.25, -0.2) is 13.8 Å².